The predicted molar refractivity (Wildman–Crippen MR) is 62.2 cm³/mol. The fourth-order valence-corrected chi connectivity index (χ4v) is 2.36. The van der Waals surface area contributed by atoms with Crippen molar-refractivity contribution < 1.29 is 14.6 Å². The van der Waals surface area contributed by atoms with Gasteiger partial charge in [-0.2, -0.15) is 0 Å². The first-order valence-corrected chi connectivity index (χ1v) is 5.51. The number of aliphatic hydroxyl groups is 1. The Morgan fingerprint density at radius 2 is 2.12 bits per heavy atom. The van der Waals surface area contributed by atoms with Crippen molar-refractivity contribution in [2.45, 2.75) is 32.8 Å². The summed E-state index contributed by atoms with van der Waals surface area (Å²) < 4.78 is 11.0. The van der Waals surface area contributed by atoms with Crippen molar-refractivity contribution in [1.82, 2.24) is 0 Å². The van der Waals surface area contributed by atoms with Gasteiger partial charge >= 0.3 is 0 Å². The van der Waals surface area contributed by atoms with Crippen molar-refractivity contribution >= 4 is 0 Å². The van der Waals surface area contributed by atoms with Crippen molar-refractivity contribution in [1.29, 1.82) is 0 Å². The van der Waals surface area contributed by atoms with Gasteiger partial charge in [-0.25, -0.2) is 0 Å². The van der Waals surface area contributed by atoms with E-state index < -0.39 is 5.60 Å². The van der Waals surface area contributed by atoms with E-state index in [1.54, 1.807) is 21.0 Å². The third kappa shape index (κ3) is 1.65. The van der Waals surface area contributed by atoms with E-state index >= 15 is 0 Å². The van der Waals surface area contributed by atoms with Gasteiger partial charge in [-0.1, -0.05) is 0 Å². The van der Waals surface area contributed by atoms with Crippen LogP contribution in [0.1, 0.15) is 30.5 Å². The summed E-state index contributed by atoms with van der Waals surface area (Å²) in [4.78, 5) is 0. The first-order chi connectivity index (χ1) is 7.45. The average Bonchev–Trinajstić information content (AvgIpc) is 2.60. The minimum absolute atomic E-state index is 0.686. The lowest BCUT2D eigenvalue weighted by atomic mass is 9.89. The fourth-order valence-electron chi connectivity index (χ4n) is 2.36. The molecule has 88 valence electrons. The molecule has 0 aromatic heterocycles. The van der Waals surface area contributed by atoms with Crippen LogP contribution in [-0.2, 0) is 12.0 Å². The Bertz CT molecular complexity index is 412. The molecule has 1 N–H and O–H groups in total. The van der Waals surface area contributed by atoms with Crippen LogP contribution >= 0.6 is 0 Å². The van der Waals surface area contributed by atoms with Gasteiger partial charge in [0.1, 0.15) is 11.5 Å². The first kappa shape index (κ1) is 11.3. The Labute approximate surface area is 96.0 Å². The summed E-state index contributed by atoms with van der Waals surface area (Å²) in [5.74, 6) is 1.66. The second-order valence-corrected chi connectivity index (χ2v) is 4.74. The summed E-state index contributed by atoms with van der Waals surface area (Å²) in [6.07, 6.45) is 0.839. The monoisotopic (exact) mass is 222 g/mol. The van der Waals surface area contributed by atoms with Gasteiger partial charge in [0, 0.05) is 17.5 Å². The van der Waals surface area contributed by atoms with Crippen molar-refractivity contribution in [3.8, 4) is 11.5 Å². The molecule has 2 rings (SSSR count). The number of methoxy groups -OCH3 is 1. The summed E-state index contributed by atoms with van der Waals surface area (Å²) in [5.41, 5.74) is 2.03. The highest BCUT2D eigenvalue weighted by atomic mass is 16.5. The largest absolute Gasteiger partial charge is 0.496 e. The zero-order valence-corrected chi connectivity index (χ0v) is 10.3. The molecule has 1 aromatic carbocycles. The minimum atomic E-state index is -0.908. The Hall–Kier alpha value is -1.22. The molecule has 0 saturated carbocycles. The normalized spacial score (nSPS) is 14.6. The maximum Gasteiger partial charge on any atom is 0.128 e. The van der Waals surface area contributed by atoms with Gasteiger partial charge < -0.3 is 14.6 Å². The lowest BCUT2D eigenvalue weighted by Gasteiger charge is -2.25. The number of hydrogen-bond acceptors (Lipinski definition) is 3. The lowest BCUT2D eigenvalue weighted by Crippen LogP contribution is -2.19. The topological polar surface area (TPSA) is 38.7 Å². The molecule has 0 unspecified atom stereocenters. The SMILES string of the molecule is COc1c(C)cc2c(c1C(C)(C)O)CCO2. The van der Waals surface area contributed by atoms with Crippen molar-refractivity contribution in [3.63, 3.8) is 0 Å². The molecule has 0 amide bonds. The van der Waals surface area contributed by atoms with Gasteiger partial charge in [-0.15, -0.1) is 0 Å². The number of hydrogen-bond donors (Lipinski definition) is 1. The summed E-state index contributed by atoms with van der Waals surface area (Å²) in [7, 11) is 1.64. The maximum absolute atomic E-state index is 10.3. The van der Waals surface area contributed by atoms with Gasteiger partial charge in [0.25, 0.3) is 0 Å². The number of rotatable bonds is 2. The van der Waals surface area contributed by atoms with Crippen LogP contribution in [0.3, 0.4) is 0 Å². The van der Waals surface area contributed by atoms with Crippen molar-refractivity contribution in [3.05, 3.63) is 22.8 Å². The molecule has 0 fully saturated rings. The van der Waals surface area contributed by atoms with Crippen molar-refractivity contribution in [2.24, 2.45) is 0 Å². The van der Waals surface area contributed by atoms with E-state index in [2.05, 4.69) is 0 Å². The molecule has 3 heteroatoms. The van der Waals surface area contributed by atoms with E-state index in [4.69, 9.17) is 9.47 Å². The molecule has 0 spiro atoms. The highest BCUT2D eigenvalue weighted by Crippen LogP contribution is 2.42. The highest BCUT2D eigenvalue weighted by Gasteiger charge is 2.30. The summed E-state index contributed by atoms with van der Waals surface area (Å²) in [6.45, 7) is 6.22. The highest BCUT2D eigenvalue weighted by molar-refractivity contribution is 5.56. The quantitative estimate of drug-likeness (QED) is 0.833. The standard InChI is InChI=1S/C13H18O3/c1-8-7-10-9(5-6-16-10)11(12(8)15-4)13(2,3)14/h7,14H,5-6H2,1-4H3. The van der Waals surface area contributed by atoms with Crippen molar-refractivity contribution in [2.75, 3.05) is 13.7 Å². The van der Waals surface area contributed by atoms with Crippen LogP contribution in [0, 0.1) is 6.92 Å². The molecular formula is C13H18O3. The molecule has 1 aliphatic heterocycles. The van der Waals surface area contributed by atoms with Crippen LogP contribution in [0.25, 0.3) is 0 Å². The molecule has 1 heterocycles. The Balaban J connectivity index is 2.72. The second kappa shape index (κ2) is 3.67. The number of fused-ring (bicyclic) bond motifs is 1. The second-order valence-electron chi connectivity index (χ2n) is 4.74. The smallest absolute Gasteiger partial charge is 0.128 e. The molecule has 0 atom stereocenters. The van der Waals surface area contributed by atoms with Crippen LogP contribution in [0.4, 0.5) is 0 Å². The Morgan fingerprint density at radius 1 is 1.44 bits per heavy atom. The molecule has 0 radical (unpaired) electrons. The number of aryl methyl sites for hydroxylation is 1. The number of ether oxygens (including phenoxy) is 2. The predicted octanol–water partition coefficient (Wildman–Crippen LogP) is 2.17. The van der Waals surface area contributed by atoms with Gasteiger partial charge in [0.05, 0.1) is 19.3 Å². The maximum atomic E-state index is 10.3. The van der Waals surface area contributed by atoms with Crippen LogP contribution in [0.2, 0.25) is 0 Å². The van der Waals surface area contributed by atoms with Gasteiger partial charge in [0.2, 0.25) is 0 Å². The molecule has 0 saturated heterocycles. The number of benzene rings is 1. The van der Waals surface area contributed by atoms with Gasteiger partial charge in [-0.05, 0) is 32.4 Å². The molecule has 3 nitrogen and oxygen atoms in total. The molecular weight excluding hydrogens is 204 g/mol. The van der Waals surface area contributed by atoms with Gasteiger partial charge in [-0.3, -0.25) is 0 Å². The average molecular weight is 222 g/mol. The third-order valence-electron chi connectivity index (χ3n) is 2.96. The molecule has 16 heavy (non-hydrogen) atoms. The summed E-state index contributed by atoms with van der Waals surface area (Å²) in [5, 5.41) is 10.3. The van der Waals surface area contributed by atoms with Crippen LogP contribution in [-0.4, -0.2) is 18.8 Å². The van der Waals surface area contributed by atoms with E-state index in [0.717, 1.165) is 34.6 Å². The fraction of sp³-hybridized carbons (Fsp3) is 0.538. The Kier molecular flexibility index (Phi) is 2.58. The third-order valence-corrected chi connectivity index (χ3v) is 2.96. The summed E-state index contributed by atoms with van der Waals surface area (Å²) in [6, 6.07) is 1.98. The first-order valence-electron chi connectivity index (χ1n) is 5.51. The molecule has 1 aliphatic rings. The van der Waals surface area contributed by atoms with Gasteiger partial charge in [0.15, 0.2) is 0 Å². The zero-order chi connectivity index (χ0) is 11.9. The van der Waals surface area contributed by atoms with E-state index in [9.17, 15) is 5.11 Å². The minimum Gasteiger partial charge on any atom is -0.496 e. The van der Waals surface area contributed by atoms with Crippen LogP contribution in [0.5, 0.6) is 11.5 Å². The summed E-state index contributed by atoms with van der Waals surface area (Å²) >= 11 is 0. The van der Waals surface area contributed by atoms with Crippen LogP contribution < -0.4 is 9.47 Å². The van der Waals surface area contributed by atoms with Crippen LogP contribution in [0.15, 0.2) is 6.07 Å². The van der Waals surface area contributed by atoms with E-state index in [1.807, 2.05) is 13.0 Å². The molecule has 0 aliphatic carbocycles. The van der Waals surface area contributed by atoms with E-state index in [1.165, 1.54) is 0 Å². The lowest BCUT2D eigenvalue weighted by molar-refractivity contribution is 0.0746. The van der Waals surface area contributed by atoms with E-state index in [-0.39, 0.29) is 0 Å². The Morgan fingerprint density at radius 3 is 2.69 bits per heavy atom. The molecule has 1 aromatic rings. The zero-order valence-electron chi connectivity index (χ0n) is 10.3. The van der Waals surface area contributed by atoms with E-state index in [0.29, 0.717) is 6.61 Å². The molecule has 0 bridgehead atoms.